The first-order valence-electron chi connectivity index (χ1n) is 14.0. The van der Waals surface area contributed by atoms with E-state index in [9.17, 15) is 19.5 Å². The van der Waals surface area contributed by atoms with Crippen molar-refractivity contribution in [2.24, 2.45) is 0 Å². The predicted molar refractivity (Wildman–Crippen MR) is 166 cm³/mol. The number of hydrogen-bond donors (Lipinski definition) is 3. The fourth-order valence-electron chi connectivity index (χ4n) is 4.71. The summed E-state index contributed by atoms with van der Waals surface area (Å²) in [5.74, 6) is -0.990. The van der Waals surface area contributed by atoms with E-state index in [1.54, 1.807) is 45.0 Å². The van der Waals surface area contributed by atoms with Crippen LogP contribution in [0.25, 0.3) is 6.08 Å². The van der Waals surface area contributed by atoms with Gasteiger partial charge < -0.3 is 25.4 Å². The van der Waals surface area contributed by atoms with Crippen molar-refractivity contribution in [2.75, 3.05) is 18.5 Å². The molecule has 0 saturated heterocycles. The molecule has 0 heterocycles. The van der Waals surface area contributed by atoms with Crippen LogP contribution in [0.15, 0.2) is 79.4 Å². The topological polar surface area (TPSA) is 108 Å². The minimum absolute atomic E-state index is 0.150. The number of anilines is 1. The number of carbonyl (C=O) groups is 3. The fourth-order valence-corrected chi connectivity index (χ4v) is 4.71. The standard InChI is InChI=1S/C34H41N3O5/c1-7-25-17-12-18-27(21-25)30(31(39)36-29-23(2)13-11-14-24(29)3)37(19-20-38)32(40)28(22-26-15-9-8-10-16-26)35-33(41)42-34(4,5)6/h7-18,21,28,30,38H,1,19-20,22H2,2-6H3,(H,35,41)(H,36,39). The molecular weight excluding hydrogens is 530 g/mol. The third kappa shape index (κ3) is 8.78. The zero-order chi connectivity index (χ0) is 30.9. The molecule has 0 aliphatic carbocycles. The van der Waals surface area contributed by atoms with Crippen molar-refractivity contribution < 1.29 is 24.2 Å². The summed E-state index contributed by atoms with van der Waals surface area (Å²) >= 11 is 0. The van der Waals surface area contributed by atoms with Crippen molar-refractivity contribution in [3.8, 4) is 0 Å². The van der Waals surface area contributed by atoms with Gasteiger partial charge in [-0.05, 0) is 68.5 Å². The normalized spacial score (nSPS) is 12.5. The molecule has 0 bridgehead atoms. The Morgan fingerprint density at radius 2 is 1.62 bits per heavy atom. The van der Waals surface area contributed by atoms with Gasteiger partial charge in [0.15, 0.2) is 0 Å². The van der Waals surface area contributed by atoms with Gasteiger partial charge in [-0.25, -0.2) is 4.79 Å². The average molecular weight is 572 g/mol. The van der Waals surface area contributed by atoms with E-state index in [0.29, 0.717) is 11.3 Å². The number of aliphatic hydroxyl groups excluding tert-OH is 1. The number of aryl methyl sites for hydroxylation is 2. The number of aliphatic hydroxyl groups is 1. The lowest BCUT2D eigenvalue weighted by Gasteiger charge is -2.34. The molecule has 0 aliphatic heterocycles. The van der Waals surface area contributed by atoms with Gasteiger partial charge in [0, 0.05) is 18.7 Å². The zero-order valence-corrected chi connectivity index (χ0v) is 25.0. The van der Waals surface area contributed by atoms with Crippen molar-refractivity contribution in [3.05, 3.63) is 107 Å². The number of carbonyl (C=O) groups excluding carboxylic acids is 3. The zero-order valence-electron chi connectivity index (χ0n) is 25.0. The molecule has 3 N–H and O–H groups in total. The average Bonchev–Trinajstić information content (AvgIpc) is 2.94. The number of benzene rings is 3. The lowest BCUT2D eigenvalue weighted by molar-refractivity contribution is -0.141. The monoisotopic (exact) mass is 571 g/mol. The van der Waals surface area contributed by atoms with Crippen molar-refractivity contribution in [1.29, 1.82) is 0 Å². The third-order valence-electron chi connectivity index (χ3n) is 6.65. The maximum atomic E-state index is 14.3. The number of nitrogens with one attached hydrogen (secondary N) is 2. The van der Waals surface area contributed by atoms with Crippen LogP contribution in [-0.2, 0) is 20.7 Å². The Kier molecular flexibility index (Phi) is 11.0. The molecule has 3 amide bonds. The van der Waals surface area contributed by atoms with Crippen molar-refractivity contribution in [2.45, 2.75) is 58.7 Å². The van der Waals surface area contributed by atoms with E-state index in [0.717, 1.165) is 22.3 Å². The Labute approximate surface area is 248 Å². The Balaban J connectivity index is 2.09. The van der Waals surface area contributed by atoms with Crippen LogP contribution in [0.4, 0.5) is 10.5 Å². The van der Waals surface area contributed by atoms with Gasteiger partial charge in [0.05, 0.1) is 6.61 Å². The molecule has 3 aromatic rings. The van der Waals surface area contributed by atoms with Crippen LogP contribution in [0.5, 0.6) is 0 Å². The molecule has 0 fully saturated rings. The summed E-state index contributed by atoms with van der Waals surface area (Å²) in [7, 11) is 0. The van der Waals surface area contributed by atoms with Gasteiger partial charge in [-0.1, -0.05) is 79.4 Å². The second-order valence-corrected chi connectivity index (χ2v) is 11.2. The summed E-state index contributed by atoms with van der Waals surface area (Å²) in [5.41, 5.74) is 3.72. The number of rotatable bonds is 11. The maximum absolute atomic E-state index is 14.3. The smallest absolute Gasteiger partial charge is 0.408 e. The van der Waals surface area contributed by atoms with Crippen LogP contribution in [0.2, 0.25) is 0 Å². The number of nitrogens with zero attached hydrogens (tertiary/aromatic N) is 1. The molecular formula is C34H41N3O5. The molecule has 2 atom stereocenters. The first-order chi connectivity index (χ1) is 19.9. The van der Waals surface area contributed by atoms with Crippen LogP contribution >= 0.6 is 0 Å². The number of para-hydroxylation sites is 1. The molecule has 2 unspecified atom stereocenters. The number of amides is 3. The highest BCUT2D eigenvalue weighted by Crippen LogP contribution is 2.28. The summed E-state index contributed by atoms with van der Waals surface area (Å²) in [6, 6.07) is 19.9. The van der Waals surface area contributed by atoms with E-state index in [4.69, 9.17) is 4.74 Å². The Hall–Kier alpha value is -4.43. The molecule has 0 radical (unpaired) electrons. The highest BCUT2D eigenvalue weighted by Gasteiger charge is 2.36. The first kappa shape index (κ1) is 32.1. The molecule has 0 saturated carbocycles. The minimum atomic E-state index is -1.12. The second kappa shape index (κ2) is 14.5. The number of ether oxygens (including phenoxy) is 1. The van der Waals surface area contributed by atoms with Crippen LogP contribution in [-0.4, -0.2) is 52.7 Å². The Morgan fingerprint density at radius 3 is 2.21 bits per heavy atom. The molecule has 3 aromatic carbocycles. The summed E-state index contributed by atoms with van der Waals surface area (Å²) in [5, 5.41) is 15.8. The number of hydrogen-bond acceptors (Lipinski definition) is 5. The van der Waals surface area contributed by atoms with E-state index >= 15 is 0 Å². The minimum Gasteiger partial charge on any atom is -0.444 e. The van der Waals surface area contributed by atoms with Crippen molar-refractivity contribution in [3.63, 3.8) is 0 Å². The van der Waals surface area contributed by atoms with Gasteiger partial charge in [0.2, 0.25) is 5.91 Å². The van der Waals surface area contributed by atoms with Crippen molar-refractivity contribution >= 4 is 29.7 Å². The highest BCUT2D eigenvalue weighted by atomic mass is 16.6. The van der Waals surface area contributed by atoms with Crippen molar-refractivity contribution in [1.82, 2.24) is 10.2 Å². The first-order valence-corrected chi connectivity index (χ1v) is 14.0. The lowest BCUT2D eigenvalue weighted by Crippen LogP contribution is -2.54. The molecule has 8 heteroatoms. The van der Waals surface area contributed by atoms with Gasteiger partial charge >= 0.3 is 6.09 Å². The van der Waals surface area contributed by atoms with Gasteiger partial charge in [-0.3, -0.25) is 9.59 Å². The van der Waals surface area contributed by atoms with E-state index < -0.39 is 42.2 Å². The van der Waals surface area contributed by atoms with Crippen LogP contribution < -0.4 is 10.6 Å². The molecule has 222 valence electrons. The Morgan fingerprint density at radius 1 is 0.976 bits per heavy atom. The van der Waals surface area contributed by atoms with Crippen LogP contribution in [0, 0.1) is 13.8 Å². The van der Waals surface area contributed by atoms with E-state index in [1.807, 2.05) is 68.4 Å². The fraction of sp³-hybridized carbons (Fsp3) is 0.324. The van der Waals surface area contributed by atoms with Gasteiger partial charge in [0.1, 0.15) is 17.7 Å². The van der Waals surface area contributed by atoms with Gasteiger partial charge in [-0.15, -0.1) is 0 Å². The van der Waals surface area contributed by atoms with Gasteiger partial charge in [0.25, 0.3) is 5.91 Å². The summed E-state index contributed by atoms with van der Waals surface area (Å²) in [6.07, 6.45) is 1.05. The summed E-state index contributed by atoms with van der Waals surface area (Å²) in [6.45, 7) is 12.3. The quantitative estimate of drug-likeness (QED) is 0.278. The molecule has 0 spiro atoms. The molecule has 8 nitrogen and oxygen atoms in total. The summed E-state index contributed by atoms with van der Waals surface area (Å²) < 4.78 is 5.46. The highest BCUT2D eigenvalue weighted by molar-refractivity contribution is 6.00. The molecule has 3 rings (SSSR count). The van der Waals surface area contributed by atoms with E-state index in [2.05, 4.69) is 17.2 Å². The number of alkyl carbamates (subject to hydrolysis) is 1. The Bertz CT molecular complexity index is 1380. The lowest BCUT2D eigenvalue weighted by atomic mass is 9.98. The van der Waals surface area contributed by atoms with Crippen LogP contribution in [0.1, 0.15) is 54.6 Å². The van der Waals surface area contributed by atoms with E-state index in [1.165, 1.54) is 4.90 Å². The largest absolute Gasteiger partial charge is 0.444 e. The molecule has 42 heavy (non-hydrogen) atoms. The third-order valence-corrected chi connectivity index (χ3v) is 6.65. The predicted octanol–water partition coefficient (Wildman–Crippen LogP) is 5.58. The second-order valence-electron chi connectivity index (χ2n) is 11.2. The van der Waals surface area contributed by atoms with Gasteiger partial charge in [-0.2, -0.15) is 0 Å². The van der Waals surface area contributed by atoms with E-state index in [-0.39, 0.29) is 13.0 Å². The SMILES string of the molecule is C=Cc1cccc(C(C(=O)Nc2c(C)cccc2C)N(CCO)C(=O)C(Cc2ccccc2)NC(=O)OC(C)(C)C)c1. The summed E-state index contributed by atoms with van der Waals surface area (Å²) in [4.78, 5) is 42.6. The molecule has 0 aromatic heterocycles. The molecule has 0 aliphatic rings. The van der Waals surface area contributed by atoms with Crippen LogP contribution in [0.3, 0.4) is 0 Å². The maximum Gasteiger partial charge on any atom is 0.408 e.